The molecule has 1 aliphatic heterocycles. The maximum atomic E-state index is 12.5. The van der Waals surface area contributed by atoms with Crippen LogP contribution >= 0.6 is 11.3 Å². The molecule has 1 amide bonds. The molecule has 1 saturated heterocycles. The molecule has 0 bridgehead atoms. The highest BCUT2D eigenvalue weighted by molar-refractivity contribution is 7.13. The largest absolute Gasteiger partial charge is 0.339 e. The monoisotopic (exact) mass is 306 g/mol. The van der Waals surface area contributed by atoms with Crippen LogP contribution in [0.3, 0.4) is 0 Å². The van der Waals surface area contributed by atoms with Crippen LogP contribution in [0.4, 0.5) is 0 Å². The van der Waals surface area contributed by atoms with E-state index in [0.29, 0.717) is 23.1 Å². The van der Waals surface area contributed by atoms with Crippen molar-refractivity contribution in [1.29, 1.82) is 0 Å². The molecule has 1 unspecified atom stereocenters. The number of hydrogen-bond donors (Lipinski definition) is 0. The molecule has 0 N–H and O–H groups in total. The van der Waals surface area contributed by atoms with Crippen LogP contribution in [-0.2, 0) is 6.42 Å². The fourth-order valence-corrected chi connectivity index (χ4v) is 3.40. The molecule has 2 aromatic rings. The third-order valence-corrected chi connectivity index (χ3v) is 4.80. The van der Waals surface area contributed by atoms with Crippen LogP contribution in [0.25, 0.3) is 0 Å². The Balaban J connectivity index is 1.72. The summed E-state index contributed by atoms with van der Waals surface area (Å²) >= 11 is 1.48. The molecule has 0 saturated carbocycles. The summed E-state index contributed by atoms with van der Waals surface area (Å²) in [5, 5.41) is 4.84. The first-order valence-electron chi connectivity index (χ1n) is 7.21. The zero-order valence-electron chi connectivity index (χ0n) is 12.2. The maximum Gasteiger partial charge on any atom is 0.265 e. The number of nitrogens with zero attached hydrogens (tertiary/aromatic N) is 4. The molecule has 112 valence electrons. The van der Waals surface area contributed by atoms with Gasteiger partial charge in [-0.2, -0.15) is 4.98 Å². The lowest BCUT2D eigenvalue weighted by atomic mass is 9.98. The van der Waals surface area contributed by atoms with E-state index in [1.54, 1.807) is 6.20 Å². The number of aromatic nitrogens is 3. The van der Waals surface area contributed by atoms with Crippen molar-refractivity contribution in [2.75, 3.05) is 13.1 Å². The summed E-state index contributed by atoms with van der Waals surface area (Å²) in [4.78, 5) is 23.7. The molecule has 3 heterocycles. The second-order valence-corrected chi connectivity index (χ2v) is 6.36. The van der Waals surface area contributed by atoms with Crippen molar-refractivity contribution < 1.29 is 9.32 Å². The third-order valence-electron chi connectivity index (χ3n) is 3.67. The van der Waals surface area contributed by atoms with Crippen molar-refractivity contribution in [2.45, 2.75) is 39.0 Å². The van der Waals surface area contributed by atoms with Crippen LogP contribution in [0.5, 0.6) is 0 Å². The van der Waals surface area contributed by atoms with Gasteiger partial charge in [0, 0.05) is 13.1 Å². The average molecular weight is 306 g/mol. The van der Waals surface area contributed by atoms with Gasteiger partial charge in [-0.1, -0.05) is 12.1 Å². The highest BCUT2D eigenvalue weighted by Crippen LogP contribution is 2.27. The molecule has 7 heteroatoms. The SMILES string of the molecule is CCc1ncc(C(=O)N2CCCC(c3nc(C)no3)C2)s1. The molecule has 0 aromatic carbocycles. The van der Waals surface area contributed by atoms with Crippen LogP contribution in [0.1, 0.15) is 52.1 Å². The molecular formula is C14H18N4O2S. The topological polar surface area (TPSA) is 72.1 Å². The Kier molecular flexibility index (Phi) is 4.01. The lowest BCUT2D eigenvalue weighted by Crippen LogP contribution is -2.38. The molecule has 1 fully saturated rings. The Morgan fingerprint density at radius 2 is 2.43 bits per heavy atom. The van der Waals surface area contributed by atoms with E-state index in [2.05, 4.69) is 15.1 Å². The molecule has 1 atom stereocenters. The minimum absolute atomic E-state index is 0.0631. The molecule has 21 heavy (non-hydrogen) atoms. The van der Waals surface area contributed by atoms with Crippen molar-refractivity contribution in [2.24, 2.45) is 0 Å². The predicted octanol–water partition coefficient (Wildman–Crippen LogP) is 2.42. The van der Waals surface area contributed by atoms with Gasteiger partial charge >= 0.3 is 0 Å². The number of piperidine rings is 1. The van der Waals surface area contributed by atoms with Gasteiger partial charge in [0.2, 0.25) is 5.89 Å². The predicted molar refractivity (Wildman–Crippen MR) is 78.4 cm³/mol. The molecule has 0 aliphatic carbocycles. The Morgan fingerprint density at radius 1 is 1.57 bits per heavy atom. The second kappa shape index (κ2) is 5.93. The van der Waals surface area contributed by atoms with Gasteiger partial charge in [0.05, 0.1) is 17.1 Å². The van der Waals surface area contributed by atoms with Gasteiger partial charge in [-0.15, -0.1) is 11.3 Å². The van der Waals surface area contributed by atoms with Gasteiger partial charge in [-0.25, -0.2) is 4.98 Å². The zero-order valence-corrected chi connectivity index (χ0v) is 13.0. The lowest BCUT2D eigenvalue weighted by Gasteiger charge is -2.30. The van der Waals surface area contributed by atoms with Crippen LogP contribution in [-0.4, -0.2) is 39.0 Å². The Bertz CT molecular complexity index is 636. The van der Waals surface area contributed by atoms with E-state index in [1.165, 1.54) is 11.3 Å². The van der Waals surface area contributed by atoms with Crippen LogP contribution < -0.4 is 0 Å². The summed E-state index contributed by atoms with van der Waals surface area (Å²) in [6.45, 7) is 5.27. The molecular weight excluding hydrogens is 288 g/mol. The van der Waals surface area contributed by atoms with Crippen LogP contribution in [0, 0.1) is 6.92 Å². The second-order valence-electron chi connectivity index (χ2n) is 5.24. The Morgan fingerprint density at radius 3 is 3.10 bits per heavy atom. The summed E-state index contributed by atoms with van der Waals surface area (Å²) in [6, 6.07) is 0. The molecule has 3 rings (SSSR count). The van der Waals surface area contributed by atoms with Gasteiger partial charge < -0.3 is 9.42 Å². The van der Waals surface area contributed by atoms with Gasteiger partial charge in [0.25, 0.3) is 5.91 Å². The number of aryl methyl sites for hydroxylation is 2. The third kappa shape index (κ3) is 2.97. The Hall–Kier alpha value is -1.76. The van der Waals surface area contributed by atoms with E-state index in [1.807, 2.05) is 18.7 Å². The fraction of sp³-hybridized carbons (Fsp3) is 0.571. The summed E-state index contributed by atoms with van der Waals surface area (Å²) < 4.78 is 5.25. The van der Waals surface area contributed by atoms with Gasteiger partial charge in [-0.05, 0) is 26.2 Å². The molecule has 1 aliphatic rings. The molecule has 2 aromatic heterocycles. The minimum Gasteiger partial charge on any atom is -0.339 e. The van der Waals surface area contributed by atoms with Gasteiger partial charge in [0.1, 0.15) is 4.88 Å². The number of amides is 1. The normalized spacial score (nSPS) is 19.0. The number of thiazole rings is 1. The standard InChI is InChI=1S/C14H18N4O2S/c1-3-12-15-7-11(21-12)14(19)18-6-4-5-10(8-18)13-16-9(2)17-20-13/h7,10H,3-6,8H2,1-2H3. The van der Waals surface area contributed by atoms with Crippen molar-refractivity contribution >= 4 is 17.2 Å². The van der Waals surface area contributed by atoms with E-state index >= 15 is 0 Å². The number of carbonyl (C=O) groups excluding carboxylic acids is 1. The molecule has 0 spiro atoms. The van der Waals surface area contributed by atoms with Crippen LogP contribution in [0.15, 0.2) is 10.7 Å². The number of likely N-dealkylation sites (tertiary alicyclic amines) is 1. The first-order valence-corrected chi connectivity index (χ1v) is 8.03. The number of carbonyl (C=O) groups is 1. The van der Waals surface area contributed by atoms with Gasteiger partial charge in [-0.3, -0.25) is 4.79 Å². The minimum atomic E-state index is 0.0631. The first kappa shape index (κ1) is 14.2. The Labute approximate surface area is 127 Å². The number of hydrogen-bond acceptors (Lipinski definition) is 6. The maximum absolute atomic E-state index is 12.5. The van der Waals surface area contributed by atoms with E-state index < -0.39 is 0 Å². The smallest absolute Gasteiger partial charge is 0.265 e. The highest BCUT2D eigenvalue weighted by Gasteiger charge is 2.29. The number of rotatable bonds is 3. The van der Waals surface area contributed by atoms with E-state index in [9.17, 15) is 4.79 Å². The quantitative estimate of drug-likeness (QED) is 0.870. The van der Waals surface area contributed by atoms with Crippen LogP contribution in [0.2, 0.25) is 0 Å². The van der Waals surface area contributed by atoms with E-state index in [-0.39, 0.29) is 11.8 Å². The highest BCUT2D eigenvalue weighted by atomic mass is 32.1. The lowest BCUT2D eigenvalue weighted by molar-refractivity contribution is 0.0700. The molecule has 6 nitrogen and oxygen atoms in total. The van der Waals surface area contributed by atoms with Gasteiger partial charge in [0.15, 0.2) is 5.82 Å². The summed E-state index contributed by atoms with van der Waals surface area (Å²) in [5.41, 5.74) is 0. The summed E-state index contributed by atoms with van der Waals surface area (Å²) in [6.07, 6.45) is 4.49. The first-order chi connectivity index (χ1) is 10.2. The van der Waals surface area contributed by atoms with E-state index in [0.717, 1.165) is 30.8 Å². The van der Waals surface area contributed by atoms with Crippen molar-refractivity contribution in [1.82, 2.24) is 20.0 Å². The average Bonchev–Trinajstić information content (AvgIpc) is 3.15. The summed E-state index contributed by atoms with van der Waals surface area (Å²) in [7, 11) is 0. The van der Waals surface area contributed by atoms with Crippen molar-refractivity contribution in [3.05, 3.63) is 27.8 Å². The van der Waals surface area contributed by atoms with Crippen molar-refractivity contribution in [3.8, 4) is 0 Å². The van der Waals surface area contributed by atoms with Crippen molar-refractivity contribution in [3.63, 3.8) is 0 Å². The summed E-state index contributed by atoms with van der Waals surface area (Å²) in [5.74, 6) is 1.49. The molecule has 0 radical (unpaired) electrons. The van der Waals surface area contributed by atoms with E-state index in [4.69, 9.17) is 4.52 Å². The zero-order chi connectivity index (χ0) is 14.8. The fourth-order valence-electron chi connectivity index (χ4n) is 2.57.